The molecule has 0 aliphatic rings. The largest absolute Gasteiger partial charge is 0.384 e. The van der Waals surface area contributed by atoms with Gasteiger partial charge in [0.1, 0.15) is 5.84 Å². The molecule has 3 N–H and O–H groups in total. The zero-order valence-corrected chi connectivity index (χ0v) is 12.6. The normalized spacial score (nSPS) is 10.7. The highest BCUT2D eigenvalue weighted by Gasteiger charge is 2.07. The molecule has 0 spiro atoms. The monoisotopic (exact) mass is 308 g/mol. The van der Waals surface area contributed by atoms with E-state index in [4.69, 9.17) is 11.1 Å². The number of hydrogen-bond donors (Lipinski definition) is 2. The van der Waals surface area contributed by atoms with Crippen molar-refractivity contribution in [1.29, 1.82) is 5.41 Å². The van der Waals surface area contributed by atoms with Crippen molar-refractivity contribution in [2.45, 2.75) is 6.54 Å². The fourth-order valence-electron chi connectivity index (χ4n) is 2.28. The minimum atomic E-state index is -0.189. The molecule has 3 rings (SSSR count). The first kappa shape index (κ1) is 14.7. The molecule has 2 aromatic heterocycles. The van der Waals surface area contributed by atoms with Gasteiger partial charge in [-0.15, -0.1) is 0 Å². The van der Waals surface area contributed by atoms with Gasteiger partial charge in [0.15, 0.2) is 0 Å². The Morgan fingerprint density at radius 3 is 2.83 bits per heavy atom. The lowest BCUT2D eigenvalue weighted by Gasteiger charge is -2.07. The van der Waals surface area contributed by atoms with Gasteiger partial charge in [-0.1, -0.05) is 18.2 Å². The highest BCUT2D eigenvalue weighted by atomic mass is 16.1. The average molecular weight is 308 g/mol. The van der Waals surface area contributed by atoms with E-state index >= 15 is 0 Å². The van der Waals surface area contributed by atoms with Crippen LogP contribution in [-0.2, 0) is 13.6 Å². The maximum atomic E-state index is 12.0. The van der Waals surface area contributed by atoms with Gasteiger partial charge in [-0.2, -0.15) is 10.2 Å². The quantitative estimate of drug-likeness (QED) is 0.554. The van der Waals surface area contributed by atoms with Gasteiger partial charge >= 0.3 is 0 Å². The van der Waals surface area contributed by atoms with Crippen LogP contribution < -0.4 is 11.3 Å². The molecular formula is C16H16N6O. The van der Waals surface area contributed by atoms with Gasteiger partial charge in [-0.3, -0.25) is 14.9 Å². The molecule has 2 heterocycles. The number of hydrogen-bond acceptors (Lipinski definition) is 4. The number of benzene rings is 1. The second-order valence-electron chi connectivity index (χ2n) is 5.23. The Morgan fingerprint density at radius 2 is 2.13 bits per heavy atom. The number of nitrogens with two attached hydrogens (primary N) is 1. The molecule has 0 radical (unpaired) electrons. The number of amidine groups is 1. The van der Waals surface area contributed by atoms with Crippen molar-refractivity contribution in [1.82, 2.24) is 19.6 Å². The third-order valence-corrected chi connectivity index (χ3v) is 3.44. The van der Waals surface area contributed by atoms with Crippen molar-refractivity contribution < 1.29 is 0 Å². The third kappa shape index (κ3) is 3.18. The lowest BCUT2D eigenvalue weighted by Crippen LogP contribution is -2.23. The summed E-state index contributed by atoms with van der Waals surface area (Å²) in [6.07, 6.45) is 3.54. The highest BCUT2D eigenvalue weighted by molar-refractivity contribution is 5.95. The van der Waals surface area contributed by atoms with Crippen LogP contribution in [0.4, 0.5) is 0 Å². The fourth-order valence-corrected chi connectivity index (χ4v) is 2.28. The van der Waals surface area contributed by atoms with E-state index in [-0.39, 0.29) is 11.4 Å². The first-order valence-electron chi connectivity index (χ1n) is 7.03. The molecule has 3 aromatic rings. The SMILES string of the molecule is Cn1cc(-c2ccc(=O)n(Cc3cccc(C(=N)N)c3)n2)cn1. The third-order valence-electron chi connectivity index (χ3n) is 3.44. The first-order valence-corrected chi connectivity index (χ1v) is 7.03. The van der Waals surface area contributed by atoms with Crippen molar-refractivity contribution in [2.24, 2.45) is 12.8 Å². The van der Waals surface area contributed by atoms with Crippen molar-refractivity contribution in [3.63, 3.8) is 0 Å². The topological polar surface area (TPSA) is 103 Å². The summed E-state index contributed by atoms with van der Waals surface area (Å²) in [6.45, 7) is 0.314. The second kappa shape index (κ2) is 5.88. The molecule has 0 unspecified atom stereocenters. The molecule has 0 saturated carbocycles. The number of rotatable bonds is 4. The Hall–Kier alpha value is -3.22. The van der Waals surface area contributed by atoms with Gasteiger partial charge in [0.2, 0.25) is 0 Å². The summed E-state index contributed by atoms with van der Waals surface area (Å²) in [7, 11) is 1.83. The number of nitrogen functional groups attached to an aromatic ring is 1. The van der Waals surface area contributed by atoms with Crippen LogP contribution in [0, 0.1) is 5.41 Å². The van der Waals surface area contributed by atoms with E-state index in [9.17, 15) is 4.79 Å². The Kier molecular flexibility index (Phi) is 3.76. The number of aryl methyl sites for hydroxylation is 1. The smallest absolute Gasteiger partial charge is 0.267 e. The van der Waals surface area contributed by atoms with Crippen LogP contribution in [0.5, 0.6) is 0 Å². The standard InChI is InChI=1S/C16H16N6O/c1-21-10-13(8-19-21)14-5-6-15(23)22(20-14)9-11-3-2-4-12(7-11)16(17)18/h2-8,10H,9H2,1H3,(H3,17,18). The zero-order valence-electron chi connectivity index (χ0n) is 12.6. The van der Waals surface area contributed by atoms with Gasteiger partial charge in [0.05, 0.1) is 18.4 Å². The summed E-state index contributed by atoms with van der Waals surface area (Å²) in [5.74, 6) is -0.00346. The predicted octanol–water partition coefficient (Wildman–Crippen LogP) is 0.976. The minimum Gasteiger partial charge on any atom is -0.384 e. The van der Waals surface area contributed by atoms with Crippen molar-refractivity contribution in [3.05, 3.63) is 70.3 Å². The van der Waals surface area contributed by atoms with Crippen LogP contribution in [0.15, 0.2) is 53.6 Å². The molecule has 0 fully saturated rings. The minimum absolute atomic E-state index is 0.00346. The molecule has 0 saturated heterocycles. The average Bonchev–Trinajstić information content (AvgIpc) is 2.96. The maximum absolute atomic E-state index is 12.0. The lowest BCUT2D eigenvalue weighted by molar-refractivity contribution is 0.642. The summed E-state index contributed by atoms with van der Waals surface area (Å²) in [6, 6.07) is 10.4. The molecule has 0 aliphatic heterocycles. The summed E-state index contributed by atoms with van der Waals surface area (Å²) in [5, 5.41) is 16.0. The van der Waals surface area contributed by atoms with Gasteiger partial charge in [0.25, 0.3) is 5.56 Å². The van der Waals surface area contributed by atoms with Crippen LogP contribution in [0.1, 0.15) is 11.1 Å². The highest BCUT2D eigenvalue weighted by Crippen LogP contribution is 2.14. The second-order valence-corrected chi connectivity index (χ2v) is 5.23. The fraction of sp³-hybridized carbons (Fsp3) is 0.125. The van der Waals surface area contributed by atoms with Crippen molar-refractivity contribution in [3.8, 4) is 11.3 Å². The predicted molar refractivity (Wildman–Crippen MR) is 87.3 cm³/mol. The Labute approximate surface area is 132 Å². The van der Waals surface area contributed by atoms with Crippen LogP contribution in [0.3, 0.4) is 0 Å². The molecule has 0 atom stereocenters. The molecular weight excluding hydrogens is 292 g/mol. The van der Waals surface area contributed by atoms with Gasteiger partial charge in [-0.25, -0.2) is 4.68 Å². The van der Waals surface area contributed by atoms with Gasteiger partial charge < -0.3 is 5.73 Å². The van der Waals surface area contributed by atoms with Crippen molar-refractivity contribution >= 4 is 5.84 Å². The lowest BCUT2D eigenvalue weighted by atomic mass is 10.1. The molecule has 116 valence electrons. The van der Waals surface area contributed by atoms with E-state index in [0.717, 1.165) is 11.1 Å². The van der Waals surface area contributed by atoms with E-state index in [1.54, 1.807) is 29.1 Å². The number of nitrogens with one attached hydrogen (secondary N) is 1. The number of nitrogens with zero attached hydrogens (tertiary/aromatic N) is 4. The summed E-state index contributed by atoms with van der Waals surface area (Å²) >= 11 is 0. The maximum Gasteiger partial charge on any atom is 0.267 e. The molecule has 7 nitrogen and oxygen atoms in total. The Morgan fingerprint density at radius 1 is 1.30 bits per heavy atom. The van der Waals surface area contributed by atoms with Crippen LogP contribution in [0.25, 0.3) is 11.3 Å². The summed E-state index contributed by atoms with van der Waals surface area (Å²) < 4.78 is 3.07. The number of aromatic nitrogens is 4. The van der Waals surface area contributed by atoms with E-state index < -0.39 is 0 Å². The van der Waals surface area contributed by atoms with Gasteiger partial charge in [-0.05, 0) is 17.7 Å². The van der Waals surface area contributed by atoms with E-state index in [1.165, 1.54) is 10.7 Å². The molecule has 0 amide bonds. The Balaban J connectivity index is 1.95. The van der Waals surface area contributed by atoms with E-state index in [0.29, 0.717) is 17.8 Å². The first-order chi connectivity index (χ1) is 11.0. The molecule has 7 heteroatoms. The van der Waals surface area contributed by atoms with Crippen LogP contribution >= 0.6 is 0 Å². The van der Waals surface area contributed by atoms with Crippen molar-refractivity contribution in [2.75, 3.05) is 0 Å². The van der Waals surface area contributed by atoms with E-state index in [2.05, 4.69) is 10.2 Å². The molecule has 0 bridgehead atoms. The van der Waals surface area contributed by atoms with Crippen LogP contribution in [0.2, 0.25) is 0 Å². The molecule has 1 aromatic carbocycles. The molecule has 0 aliphatic carbocycles. The van der Waals surface area contributed by atoms with Gasteiger partial charge in [0, 0.05) is 30.4 Å². The zero-order chi connectivity index (χ0) is 16.4. The van der Waals surface area contributed by atoms with E-state index in [1.807, 2.05) is 25.4 Å². The Bertz CT molecular complexity index is 924. The molecule has 23 heavy (non-hydrogen) atoms. The van der Waals surface area contributed by atoms with Crippen LogP contribution in [-0.4, -0.2) is 25.4 Å². The summed E-state index contributed by atoms with van der Waals surface area (Å²) in [4.78, 5) is 12.0. The summed E-state index contributed by atoms with van der Waals surface area (Å²) in [5.41, 5.74) is 8.32.